The van der Waals surface area contributed by atoms with Crippen LogP contribution in [0.2, 0.25) is 0 Å². The summed E-state index contributed by atoms with van der Waals surface area (Å²) in [6.45, 7) is 4.11. The van der Waals surface area contributed by atoms with Crippen LogP contribution in [0, 0.1) is 6.92 Å². The Labute approximate surface area is 142 Å². The van der Waals surface area contributed by atoms with E-state index >= 15 is 0 Å². The van der Waals surface area contributed by atoms with Gasteiger partial charge in [-0.1, -0.05) is 48.5 Å². The Hall–Kier alpha value is -3.08. The molecular formula is C19H21N5. The van der Waals surface area contributed by atoms with Crippen molar-refractivity contribution in [2.24, 2.45) is 0 Å². The monoisotopic (exact) mass is 319 g/mol. The van der Waals surface area contributed by atoms with Crippen LogP contribution in [-0.2, 0) is 0 Å². The Bertz CT molecular complexity index is 817. The molecule has 0 fully saturated rings. The van der Waals surface area contributed by atoms with Gasteiger partial charge in [0.15, 0.2) is 11.6 Å². The first-order valence-corrected chi connectivity index (χ1v) is 7.90. The van der Waals surface area contributed by atoms with Gasteiger partial charge in [-0.3, -0.25) is 0 Å². The first-order valence-electron chi connectivity index (χ1n) is 7.90. The van der Waals surface area contributed by atoms with Gasteiger partial charge in [-0.2, -0.15) is 0 Å². The molecule has 1 heterocycles. The molecule has 5 nitrogen and oxygen atoms in total. The Kier molecular flexibility index (Phi) is 4.61. The van der Waals surface area contributed by atoms with Crippen molar-refractivity contribution in [1.29, 1.82) is 0 Å². The largest absolute Gasteiger partial charge is 0.393 e. The van der Waals surface area contributed by atoms with E-state index in [1.54, 1.807) is 0 Å². The highest BCUT2D eigenvalue weighted by molar-refractivity contribution is 5.78. The summed E-state index contributed by atoms with van der Waals surface area (Å²) in [5, 5.41) is 6.63. The number of hydrogen-bond acceptors (Lipinski definition) is 5. The van der Waals surface area contributed by atoms with Crippen LogP contribution in [0.15, 0.2) is 60.9 Å². The lowest BCUT2D eigenvalue weighted by Gasteiger charge is -2.18. The topological polar surface area (TPSA) is 75.9 Å². The quantitative estimate of drug-likeness (QED) is 0.654. The number of nitrogens with one attached hydrogen (secondary N) is 2. The third kappa shape index (κ3) is 3.46. The van der Waals surface area contributed by atoms with Crippen molar-refractivity contribution in [1.82, 2.24) is 9.97 Å². The van der Waals surface area contributed by atoms with Gasteiger partial charge in [0.25, 0.3) is 0 Å². The maximum atomic E-state index is 6.26. The number of anilines is 4. The Balaban J connectivity index is 1.82. The van der Waals surface area contributed by atoms with Gasteiger partial charge in [-0.15, -0.1) is 0 Å². The number of hydrogen-bond donors (Lipinski definition) is 3. The number of para-hydroxylation sites is 1. The molecule has 0 radical (unpaired) electrons. The van der Waals surface area contributed by atoms with Crippen molar-refractivity contribution in [2.75, 3.05) is 16.4 Å². The molecule has 2 aromatic carbocycles. The van der Waals surface area contributed by atoms with E-state index in [-0.39, 0.29) is 6.04 Å². The molecule has 3 aromatic rings. The second-order valence-electron chi connectivity index (χ2n) is 5.70. The number of nitrogen functional groups attached to an aromatic ring is 1. The molecule has 24 heavy (non-hydrogen) atoms. The fraction of sp³-hybridized carbons (Fsp3) is 0.158. The minimum absolute atomic E-state index is 0.0923. The van der Waals surface area contributed by atoms with Gasteiger partial charge in [0.1, 0.15) is 12.0 Å². The lowest BCUT2D eigenvalue weighted by Crippen LogP contribution is -2.11. The number of nitrogens with two attached hydrogens (primary N) is 1. The molecule has 1 aromatic heterocycles. The van der Waals surface area contributed by atoms with E-state index in [1.807, 2.05) is 49.4 Å². The van der Waals surface area contributed by atoms with Crippen LogP contribution < -0.4 is 16.4 Å². The third-order valence-electron chi connectivity index (χ3n) is 3.93. The lowest BCUT2D eigenvalue weighted by atomic mass is 10.1. The third-order valence-corrected chi connectivity index (χ3v) is 3.93. The van der Waals surface area contributed by atoms with Crippen LogP contribution in [0.5, 0.6) is 0 Å². The second-order valence-corrected chi connectivity index (χ2v) is 5.70. The lowest BCUT2D eigenvalue weighted by molar-refractivity contribution is 0.873. The number of benzene rings is 2. The summed E-state index contributed by atoms with van der Waals surface area (Å²) in [5.41, 5.74) is 10.0. The highest BCUT2D eigenvalue weighted by Gasteiger charge is 2.12. The van der Waals surface area contributed by atoms with E-state index in [0.29, 0.717) is 17.3 Å². The molecule has 0 saturated heterocycles. The van der Waals surface area contributed by atoms with Crippen molar-refractivity contribution in [3.8, 4) is 0 Å². The molecule has 4 N–H and O–H groups in total. The van der Waals surface area contributed by atoms with Gasteiger partial charge < -0.3 is 16.4 Å². The number of nitrogens with zero attached hydrogens (tertiary/aromatic N) is 2. The van der Waals surface area contributed by atoms with Gasteiger partial charge in [0, 0.05) is 5.69 Å². The van der Waals surface area contributed by atoms with Gasteiger partial charge >= 0.3 is 0 Å². The maximum absolute atomic E-state index is 6.26. The smallest absolute Gasteiger partial charge is 0.159 e. The van der Waals surface area contributed by atoms with Crippen molar-refractivity contribution >= 4 is 23.0 Å². The summed E-state index contributed by atoms with van der Waals surface area (Å²) in [6.07, 6.45) is 1.51. The minimum atomic E-state index is 0.0923. The van der Waals surface area contributed by atoms with Crippen LogP contribution in [0.1, 0.15) is 24.1 Å². The summed E-state index contributed by atoms with van der Waals surface area (Å²) in [4.78, 5) is 8.55. The number of aryl methyl sites for hydroxylation is 1. The van der Waals surface area contributed by atoms with E-state index in [0.717, 1.165) is 11.3 Å². The predicted molar refractivity (Wildman–Crippen MR) is 99.4 cm³/mol. The van der Waals surface area contributed by atoms with E-state index < -0.39 is 0 Å². The zero-order valence-corrected chi connectivity index (χ0v) is 13.8. The van der Waals surface area contributed by atoms with Gasteiger partial charge in [0.2, 0.25) is 0 Å². The van der Waals surface area contributed by atoms with E-state index in [1.165, 1.54) is 11.9 Å². The van der Waals surface area contributed by atoms with E-state index in [9.17, 15) is 0 Å². The molecule has 1 atom stereocenters. The highest BCUT2D eigenvalue weighted by Crippen LogP contribution is 2.29. The molecule has 0 spiro atoms. The zero-order valence-electron chi connectivity index (χ0n) is 13.8. The minimum Gasteiger partial charge on any atom is -0.393 e. The summed E-state index contributed by atoms with van der Waals surface area (Å²) >= 11 is 0. The second kappa shape index (κ2) is 7.00. The highest BCUT2D eigenvalue weighted by atomic mass is 15.1. The summed E-state index contributed by atoms with van der Waals surface area (Å²) in [6, 6.07) is 18.3. The van der Waals surface area contributed by atoms with Crippen molar-refractivity contribution in [3.05, 3.63) is 72.1 Å². The normalized spacial score (nSPS) is 11.8. The molecule has 0 saturated carbocycles. The molecule has 5 heteroatoms. The SMILES string of the molecule is Cc1ccccc1Nc1ncnc(NC(C)c2ccccc2)c1N. The van der Waals surface area contributed by atoms with Gasteiger partial charge in [-0.05, 0) is 31.0 Å². The first kappa shape index (κ1) is 15.8. The Morgan fingerprint density at radius 2 is 1.58 bits per heavy atom. The van der Waals surface area contributed by atoms with Crippen molar-refractivity contribution < 1.29 is 0 Å². The summed E-state index contributed by atoms with van der Waals surface area (Å²) in [5.74, 6) is 1.22. The molecule has 0 amide bonds. The zero-order chi connectivity index (χ0) is 16.9. The number of aromatic nitrogens is 2. The fourth-order valence-electron chi connectivity index (χ4n) is 2.48. The molecule has 3 rings (SSSR count). The Morgan fingerprint density at radius 1 is 0.917 bits per heavy atom. The molecule has 0 aliphatic rings. The average Bonchev–Trinajstić information content (AvgIpc) is 2.61. The van der Waals surface area contributed by atoms with Crippen molar-refractivity contribution in [3.63, 3.8) is 0 Å². The van der Waals surface area contributed by atoms with Crippen LogP contribution in [0.3, 0.4) is 0 Å². The van der Waals surface area contributed by atoms with Crippen LogP contribution in [0.4, 0.5) is 23.0 Å². The predicted octanol–water partition coefficient (Wildman–Crippen LogP) is 4.28. The average molecular weight is 319 g/mol. The van der Waals surface area contributed by atoms with Crippen LogP contribution in [0.25, 0.3) is 0 Å². The van der Waals surface area contributed by atoms with E-state index in [2.05, 4.69) is 39.7 Å². The maximum Gasteiger partial charge on any atom is 0.159 e. The van der Waals surface area contributed by atoms with Crippen LogP contribution >= 0.6 is 0 Å². The number of rotatable bonds is 5. The molecule has 122 valence electrons. The van der Waals surface area contributed by atoms with Crippen LogP contribution in [-0.4, -0.2) is 9.97 Å². The molecule has 0 bridgehead atoms. The first-order chi connectivity index (χ1) is 11.6. The van der Waals surface area contributed by atoms with Gasteiger partial charge in [0.05, 0.1) is 6.04 Å². The van der Waals surface area contributed by atoms with E-state index in [4.69, 9.17) is 5.73 Å². The summed E-state index contributed by atoms with van der Waals surface area (Å²) in [7, 11) is 0. The summed E-state index contributed by atoms with van der Waals surface area (Å²) < 4.78 is 0. The van der Waals surface area contributed by atoms with Gasteiger partial charge in [-0.25, -0.2) is 9.97 Å². The van der Waals surface area contributed by atoms with Crippen molar-refractivity contribution in [2.45, 2.75) is 19.9 Å². The molecule has 0 aliphatic heterocycles. The Morgan fingerprint density at radius 3 is 2.33 bits per heavy atom. The molecule has 0 aliphatic carbocycles. The molecule has 1 unspecified atom stereocenters. The standard InChI is InChI=1S/C19H21N5/c1-13-8-6-7-11-16(13)24-19-17(20)18(21-12-22-19)23-14(2)15-9-4-3-5-10-15/h3-12,14H,20H2,1-2H3,(H2,21,22,23,24). The molecular weight excluding hydrogens is 298 g/mol. The fourth-order valence-corrected chi connectivity index (χ4v) is 2.48.